The Hall–Kier alpha value is -2.56. The molecule has 0 aliphatic carbocycles. The maximum atomic E-state index is 11.7. The monoisotopic (exact) mass is 285 g/mol. The third-order valence-corrected chi connectivity index (χ3v) is 2.94. The van der Waals surface area contributed by atoms with Crippen LogP contribution >= 0.6 is 0 Å². The maximum absolute atomic E-state index is 11.7. The number of aromatic nitrogens is 1. The fraction of sp³-hybridized carbons (Fsp3) is 0.250. The Labute approximate surface area is 124 Å². The molecule has 0 saturated heterocycles. The van der Waals surface area contributed by atoms with Crippen molar-refractivity contribution in [3.05, 3.63) is 54.4 Å². The summed E-state index contributed by atoms with van der Waals surface area (Å²) in [5.41, 5.74) is 7.36. The van der Waals surface area contributed by atoms with E-state index in [-0.39, 0.29) is 5.91 Å². The van der Waals surface area contributed by atoms with Crippen LogP contribution in [0.25, 0.3) is 0 Å². The molecule has 0 unspecified atom stereocenters. The van der Waals surface area contributed by atoms with Gasteiger partial charge in [-0.15, -0.1) is 0 Å². The minimum atomic E-state index is 0.00323. The van der Waals surface area contributed by atoms with Crippen LogP contribution in [0, 0.1) is 0 Å². The van der Waals surface area contributed by atoms with Gasteiger partial charge in [0, 0.05) is 25.4 Å². The summed E-state index contributed by atoms with van der Waals surface area (Å²) in [5.74, 6) is 0.664. The Morgan fingerprint density at radius 3 is 2.86 bits per heavy atom. The predicted molar refractivity (Wildman–Crippen MR) is 81.7 cm³/mol. The summed E-state index contributed by atoms with van der Waals surface area (Å²) in [6.07, 6.45) is 4.51. The van der Waals surface area contributed by atoms with Crippen LogP contribution in [0.1, 0.15) is 18.4 Å². The number of hydrogen-bond acceptors (Lipinski definition) is 4. The fourth-order valence-corrected chi connectivity index (χ4v) is 1.82. The summed E-state index contributed by atoms with van der Waals surface area (Å²) in [6, 6.07) is 11.1. The van der Waals surface area contributed by atoms with E-state index in [4.69, 9.17) is 10.5 Å². The van der Waals surface area contributed by atoms with E-state index in [0.29, 0.717) is 37.4 Å². The van der Waals surface area contributed by atoms with E-state index in [1.165, 1.54) is 0 Å². The van der Waals surface area contributed by atoms with E-state index in [2.05, 4.69) is 10.3 Å². The molecular formula is C16H19N3O2. The molecule has 5 heteroatoms. The number of para-hydroxylation sites is 2. The molecule has 2 aromatic rings. The number of nitrogens with two attached hydrogens (primary N) is 1. The number of carbonyl (C=O) groups is 1. The SMILES string of the molecule is Nc1ccccc1OCCCC(=O)NCc1cccnc1. The first-order chi connectivity index (χ1) is 10.3. The first-order valence-corrected chi connectivity index (χ1v) is 6.88. The zero-order valence-corrected chi connectivity index (χ0v) is 11.8. The van der Waals surface area contributed by atoms with E-state index >= 15 is 0 Å². The van der Waals surface area contributed by atoms with Crippen molar-refractivity contribution in [2.45, 2.75) is 19.4 Å². The Kier molecular flexibility index (Phi) is 5.58. The Bertz CT molecular complexity index is 573. The number of nitrogens with zero attached hydrogens (tertiary/aromatic N) is 1. The van der Waals surface area contributed by atoms with Gasteiger partial charge in [0.05, 0.1) is 12.3 Å². The van der Waals surface area contributed by atoms with Gasteiger partial charge in [-0.05, 0) is 30.2 Å². The highest BCUT2D eigenvalue weighted by Gasteiger charge is 2.03. The van der Waals surface area contributed by atoms with Gasteiger partial charge in [-0.25, -0.2) is 0 Å². The number of benzene rings is 1. The van der Waals surface area contributed by atoms with E-state index in [1.54, 1.807) is 18.5 Å². The van der Waals surface area contributed by atoms with E-state index in [9.17, 15) is 4.79 Å². The van der Waals surface area contributed by atoms with Gasteiger partial charge in [-0.1, -0.05) is 18.2 Å². The van der Waals surface area contributed by atoms with Crippen LogP contribution in [-0.4, -0.2) is 17.5 Å². The molecule has 0 aliphatic rings. The zero-order chi connectivity index (χ0) is 14.9. The van der Waals surface area contributed by atoms with Crippen molar-refractivity contribution in [1.82, 2.24) is 10.3 Å². The smallest absolute Gasteiger partial charge is 0.220 e. The summed E-state index contributed by atoms with van der Waals surface area (Å²) >= 11 is 0. The van der Waals surface area contributed by atoms with Crippen molar-refractivity contribution in [1.29, 1.82) is 0 Å². The van der Waals surface area contributed by atoms with Crippen molar-refractivity contribution in [2.24, 2.45) is 0 Å². The van der Waals surface area contributed by atoms with Crippen LogP contribution in [0.4, 0.5) is 5.69 Å². The molecule has 0 spiro atoms. The third kappa shape index (κ3) is 5.14. The molecule has 1 aromatic heterocycles. The van der Waals surface area contributed by atoms with Gasteiger partial charge in [0.15, 0.2) is 0 Å². The summed E-state index contributed by atoms with van der Waals surface area (Å²) in [5, 5.41) is 2.85. The van der Waals surface area contributed by atoms with Gasteiger partial charge < -0.3 is 15.8 Å². The molecule has 21 heavy (non-hydrogen) atoms. The number of nitrogen functional groups attached to an aromatic ring is 1. The van der Waals surface area contributed by atoms with Gasteiger partial charge in [0.25, 0.3) is 0 Å². The van der Waals surface area contributed by atoms with Crippen molar-refractivity contribution in [2.75, 3.05) is 12.3 Å². The molecule has 0 fully saturated rings. The molecule has 0 radical (unpaired) electrons. The first kappa shape index (κ1) is 14.8. The number of amides is 1. The Morgan fingerprint density at radius 2 is 2.10 bits per heavy atom. The molecule has 0 saturated carbocycles. The number of hydrogen-bond donors (Lipinski definition) is 2. The molecule has 1 heterocycles. The molecule has 3 N–H and O–H groups in total. The average Bonchev–Trinajstić information content (AvgIpc) is 2.52. The molecule has 0 aliphatic heterocycles. The van der Waals surface area contributed by atoms with E-state index < -0.39 is 0 Å². The molecule has 1 amide bonds. The molecule has 0 atom stereocenters. The van der Waals surface area contributed by atoms with E-state index in [0.717, 1.165) is 5.56 Å². The summed E-state index contributed by atoms with van der Waals surface area (Å²) in [6.45, 7) is 0.966. The van der Waals surface area contributed by atoms with Crippen molar-refractivity contribution < 1.29 is 9.53 Å². The largest absolute Gasteiger partial charge is 0.491 e. The minimum Gasteiger partial charge on any atom is -0.491 e. The number of rotatable bonds is 7. The predicted octanol–water partition coefficient (Wildman–Crippen LogP) is 2.14. The topological polar surface area (TPSA) is 77.2 Å². The molecule has 0 bridgehead atoms. The lowest BCUT2D eigenvalue weighted by molar-refractivity contribution is -0.121. The number of carbonyl (C=O) groups excluding carboxylic acids is 1. The zero-order valence-electron chi connectivity index (χ0n) is 11.8. The van der Waals surface area contributed by atoms with Crippen molar-refractivity contribution in [3.63, 3.8) is 0 Å². The quantitative estimate of drug-likeness (QED) is 0.603. The number of anilines is 1. The molecular weight excluding hydrogens is 266 g/mol. The van der Waals surface area contributed by atoms with Crippen LogP contribution in [0.15, 0.2) is 48.8 Å². The van der Waals surface area contributed by atoms with Crippen LogP contribution in [-0.2, 0) is 11.3 Å². The molecule has 1 aromatic carbocycles. The standard InChI is InChI=1S/C16H19N3O2/c17-14-6-1-2-7-15(14)21-10-4-8-16(20)19-12-13-5-3-9-18-11-13/h1-3,5-7,9,11H,4,8,10,12,17H2,(H,19,20). The second-order valence-corrected chi connectivity index (χ2v) is 4.63. The van der Waals surface area contributed by atoms with Gasteiger partial charge in [0.2, 0.25) is 5.91 Å². The third-order valence-electron chi connectivity index (χ3n) is 2.94. The second-order valence-electron chi connectivity index (χ2n) is 4.63. The summed E-state index contributed by atoms with van der Waals surface area (Å²) in [7, 11) is 0. The van der Waals surface area contributed by atoms with Crippen molar-refractivity contribution in [3.8, 4) is 5.75 Å². The van der Waals surface area contributed by atoms with Crippen LogP contribution in [0.2, 0.25) is 0 Å². The van der Waals surface area contributed by atoms with Gasteiger partial charge in [-0.3, -0.25) is 9.78 Å². The Balaban J connectivity index is 1.62. The highest BCUT2D eigenvalue weighted by Crippen LogP contribution is 2.19. The van der Waals surface area contributed by atoms with Gasteiger partial charge >= 0.3 is 0 Å². The highest BCUT2D eigenvalue weighted by molar-refractivity contribution is 5.75. The average molecular weight is 285 g/mol. The normalized spacial score (nSPS) is 10.1. The summed E-state index contributed by atoms with van der Waals surface area (Å²) in [4.78, 5) is 15.7. The lowest BCUT2D eigenvalue weighted by Gasteiger charge is -2.08. The lowest BCUT2D eigenvalue weighted by Crippen LogP contribution is -2.23. The number of pyridine rings is 1. The Morgan fingerprint density at radius 1 is 1.24 bits per heavy atom. The van der Waals surface area contributed by atoms with Gasteiger partial charge in [0.1, 0.15) is 5.75 Å². The highest BCUT2D eigenvalue weighted by atomic mass is 16.5. The fourth-order valence-electron chi connectivity index (χ4n) is 1.82. The lowest BCUT2D eigenvalue weighted by atomic mass is 10.2. The van der Waals surface area contributed by atoms with Gasteiger partial charge in [-0.2, -0.15) is 0 Å². The van der Waals surface area contributed by atoms with Crippen molar-refractivity contribution >= 4 is 11.6 Å². The van der Waals surface area contributed by atoms with E-state index in [1.807, 2.05) is 30.3 Å². The van der Waals surface area contributed by atoms with Crippen LogP contribution in [0.5, 0.6) is 5.75 Å². The van der Waals surface area contributed by atoms with Crippen LogP contribution in [0.3, 0.4) is 0 Å². The molecule has 2 rings (SSSR count). The molecule has 5 nitrogen and oxygen atoms in total. The number of nitrogens with one attached hydrogen (secondary N) is 1. The summed E-state index contributed by atoms with van der Waals surface area (Å²) < 4.78 is 5.53. The second kappa shape index (κ2) is 7.89. The van der Waals surface area contributed by atoms with Crippen LogP contribution < -0.4 is 15.8 Å². The molecule has 110 valence electrons. The number of ether oxygens (including phenoxy) is 1. The maximum Gasteiger partial charge on any atom is 0.220 e. The first-order valence-electron chi connectivity index (χ1n) is 6.88. The minimum absolute atomic E-state index is 0.00323.